The van der Waals surface area contributed by atoms with Gasteiger partial charge in [0.1, 0.15) is 17.4 Å². The van der Waals surface area contributed by atoms with Gasteiger partial charge >= 0.3 is 0 Å². The van der Waals surface area contributed by atoms with Crippen LogP contribution in [0.3, 0.4) is 0 Å². The molecule has 0 saturated carbocycles. The van der Waals surface area contributed by atoms with Crippen LogP contribution < -0.4 is 19.6 Å². The van der Waals surface area contributed by atoms with E-state index in [1.807, 2.05) is 0 Å². The number of aromatic hydroxyl groups is 2. The molecule has 7 heteroatoms. The molecule has 0 aliphatic heterocycles. The highest BCUT2D eigenvalue weighted by Crippen LogP contribution is 2.40. The fourth-order valence-corrected chi connectivity index (χ4v) is 2.65. The van der Waals surface area contributed by atoms with Crippen LogP contribution in [0.5, 0.6) is 28.7 Å². The lowest BCUT2D eigenvalue weighted by molar-refractivity contribution is 0.364. The van der Waals surface area contributed by atoms with E-state index in [2.05, 4.69) is 0 Å². The van der Waals surface area contributed by atoms with Crippen LogP contribution in [0.25, 0.3) is 22.1 Å². The summed E-state index contributed by atoms with van der Waals surface area (Å²) in [5, 5.41) is 20.0. The average molecular weight is 344 g/mol. The van der Waals surface area contributed by atoms with Crippen LogP contribution in [0.1, 0.15) is 0 Å². The molecule has 25 heavy (non-hydrogen) atoms. The van der Waals surface area contributed by atoms with Crippen LogP contribution in [0, 0.1) is 0 Å². The van der Waals surface area contributed by atoms with Crippen LogP contribution in [-0.4, -0.2) is 31.5 Å². The second kappa shape index (κ2) is 6.27. The molecule has 0 spiro atoms. The molecule has 0 bridgehead atoms. The van der Waals surface area contributed by atoms with Crippen molar-refractivity contribution in [3.05, 3.63) is 40.8 Å². The molecule has 0 aliphatic rings. The van der Waals surface area contributed by atoms with E-state index in [1.165, 1.54) is 39.7 Å². The molecule has 0 aliphatic carbocycles. The minimum atomic E-state index is -0.388. The van der Waals surface area contributed by atoms with E-state index in [-0.39, 0.29) is 50.7 Å². The molecular weight excluding hydrogens is 328 g/mol. The molecule has 0 saturated heterocycles. The van der Waals surface area contributed by atoms with Crippen molar-refractivity contribution in [2.45, 2.75) is 0 Å². The van der Waals surface area contributed by atoms with Gasteiger partial charge in [-0.15, -0.1) is 0 Å². The van der Waals surface area contributed by atoms with Gasteiger partial charge < -0.3 is 28.8 Å². The van der Waals surface area contributed by atoms with Crippen LogP contribution in [-0.2, 0) is 0 Å². The normalized spacial score (nSPS) is 10.7. The third kappa shape index (κ3) is 2.59. The zero-order valence-electron chi connectivity index (χ0n) is 13.8. The summed E-state index contributed by atoms with van der Waals surface area (Å²) in [5.74, 6) is 0.177. The molecule has 0 atom stereocenters. The van der Waals surface area contributed by atoms with Crippen molar-refractivity contribution >= 4 is 11.0 Å². The minimum absolute atomic E-state index is 0.0389. The van der Waals surface area contributed by atoms with Crippen molar-refractivity contribution in [3.8, 4) is 39.9 Å². The standard InChI is InChI=1S/C18H16O7/c1-22-13-5-4-9(6-11(13)19)10-8-25-18-15(16(10)21)14(23-2)7-12(20)17(18)24-3/h4-8,19-20H,1-3H3. The van der Waals surface area contributed by atoms with Gasteiger partial charge in [0.15, 0.2) is 22.8 Å². The summed E-state index contributed by atoms with van der Waals surface area (Å²) in [6.07, 6.45) is 1.24. The van der Waals surface area contributed by atoms with Crippen molar-refractivity contribution < 1.29 is 28.8 Å². The van der Waals surface area contributed by atoms with E-state index in [0.29, 0.717) is 5.56 Å². The summed E-state index contributed by atoms with van der Waals surface area (Å²) < 4.78 is 20.9. The molecule has 1 heterocycles. The summed E-state index contributed by atoms with van der Waals surface area (Å²) in [4.78, 5) is 13.0. The van der Waals surface area contributed by atoms with Crippen molar-refractivity contribution in [1.82, 2.24) is 0 Å². The Hall–Kier alpha value is -3.35. The zero-order valence-corrected chi connectivity index (χ0v) is 13.8. The lowest BCUT2D eigenvalue weighted by Gasteiger charge is -2.12. The lowest BCUT2D eigenvalue weighted by Crippen LogP contribution is -2.07. The second-order valence-electron chi connectivity index (χ2n) is 5.20. The maximum Gasteiger partial charge on any atom is 0.204 e. The van der Waals surface area contributed by atoms with Crippen LogP contribution >= 0.6 is 0 Å². The van der Waals surface area contributed by atoms with E-state index in [0.717, 1.165) is 0 Å². The highest BCUT2D eigenvalue weighted by Gasteiger charge is 2.20. The first-order chi connectivity index (χ1) is 12.0. The van der Waals surface area contributed by atoms with Gasteiger partial charge in [0.2, 0.25) is 11.2 Å². The molecule has 3 rings (SSSR count). The number of rotatable bonds is 4. The Labute approximate surface area is 142 Å². The third-order valence-corrected chi connectivity index (χ3v) is 3.86. The molecule has 130 valence electrons. The predicted octanol–water partition coefficient (Wildman–Crippen LogP) is 2.90. The molecule has 0 radical (unpaired) electrons. The Balaban J connectivity index is 2.33. The summed E-state index contributed by atoms with van der Waals surface area (Å²) >= 11 is 0. The van der Waals surface area contributed by atoms with Gasteiger partial charge in [-0.1, -0.05) is 6.07 Å². The van der Waals surface area contributed by atoms with E-state index in [1.54, 1.807) is 12.1 Å². The topological polar surface area (TPSA) is 98.4 Å². The summed E-state index contributed by atoms with van der Waals surface area (Å²) in [5.41, 5.74) is 0.353. The van der Waals surface area contributed by atoms with Crippen molar-refractivity contribution in [2.24, 2.45) is 0 Å². The first-order valence-corrected chi connectivity index (χ1v) is 7.28. The Morgan fingerprint density at radius 1 is 0.920 bits per heavy atom. The molecule has 2 aromatic carbocycles. The number of phenols is 2. The largest absolute Gasteiger partial charge is 0.504 e. The van der Waals surface area contributed by atoms with Gasteiger partial charge in [0, 0.05) is 6.07 Å². The monoisotopic (exact) mass is 344 g/mol. The van der Waals surface area contributed by atoms with Crippen LogP contribution in [0.2, 0.25) is 0 Å². The summed E-state index contributed by atoms with van der Waals surface area (Å²) in [7, 11) is 4.17. The van der Waals surface area contributed by atoms with Crippen LogP contribution in [0.4, 0.5) is 0 Å². The van der Waals surface area contributed by atoms with Crippen LogP contribution in [0.15, 0.2) is 39.7 Å². The Kier molecular flexibility index (Phi) is 4.14. The third-order valence-electron chi connectivity index (χ3n) is 3.86. The maximum absolute atomic E-state index is 13.0. The quantitative estimate of drug-likeness (QED) is 0.751. The SMILES string of the molecule is COc1ccc(-c2coc3c(OC)c(O)cc(OC)c3c2=O)cc1O. The number of methoxy groups -OCH3 is 3. The highest BCUT2D eigenvalue weighted by atomic mass is 16.5. The van der Waals surface area contributed by atoms with E-state index in [4.69, 9.17) is 18.6 Å². The van der Waals surface area contributed by atoms with Gasteiger partial charge in [0.05, 0.1) is 26.9 Å². The molecule has 7 nitrogen and oxygen atoms in total. The number of benzene rings is 2. The van der Waals surface area contributed by atoms with E-state index >= 15 is 0 Å². The molecule has 3 aromatic rings. The van der Waals surface area contributed by atoms with Crippen molar-refractivity contribution in [1.29, 1.82) is 0 Å². The van der Waals surface area contributed by atoms with Gasteiger partial charge in [-0.3, -0.25) is 4.79 Å². The summed E-state index contributed by atoms with van der Waals surface area (Å²) in [6, 6.07) is 5.86. The van der Waals surface area contributed by atoms with E-state index in [9.17, 15) is 15.0 Å². The molecular formula is C18H16O7. The highest BCUT2D eigenvalue weighted by molar-refractivity contribution is 5.93. The van der Waals surface area contributed by atoms with Crippen molar-refractivity contribution in [3.63, 3.8) is 0 Å². The zero-order chi connectivity index (χ0) is 18.1. The Morgan fingerprint density at radius 3 is 2.24 bits per heavy atom. The Morgan fingerprint density at radius 2 is 1.64 bits per heavy atom. The fourth-order valence-electron chi connectivity index (χ4n) is 2.65. The number of hydrogen-bond donors (Lipinski definition) is 2. The van der Waals surface area contributed by atoms with E-state index < -0.39 is 0 Å². The average Bonchev–Trinajstić information content (AvgIpc) is 2.61. The van der Waals surface area contributed by atoms with Gasteiger partial charge in [-0.05, 0) is 17.7 Å². The minimum Gasteiger partial charge on any atom is -0.504 e. The molecule has 2 N–H and O–H groups in total. The Bertz CT molecular complexity index is 1000. The molecule has 0 unspecified atom stereocenters. The number of fused-ring (bicyclic) bond motifs is 1. The number of phenolic OH excluding ortho intramolecular Hbond substituents is 2. The van der Waals surface area contributed by atoms with Gasteiger partial charge in [-0.25, -0.2) is 0 Å². The lowest BCUT2D eigenvalue weighted by atomic mass is 10.0. The predicted molar refractivity (Wildman–Crippen MR) is 90.9 cm³/mol. The molecule has 0 fully saturated rings. The molecule has 1 aromatic heterocycles. The molecule has 0 amide bonds. The number of ether oxygens (including phenoxy) is 3. The maximum atomic E-state index is 13.0. The number of hydrogen-bond acceptors (Lipinski definition) is 7. The van der Waals surface area contributed by atoms with Gasteiger partial charge in [-0.2, -0.15) is 0 Å². The first-order valence-electron chi connectivity index (χ1n) is 7.28. The summed E-state index contributed by atoms with van der Waals surface area (Å²) in [6.45, 7) is 0. The van der Waals surface area contributed by atoms with Gasteiger partial charge in [0.25, 0.3) is 0 Å². The van der Waals surface area contributed by atoms with Crippen molar-refractivity contribution in [2.75, 3.05) is 21.3 Å². The fraction of sp³-hybridized carbons (Fsp3) is 0.167. The smallest absolute Gasteiger partial charge is 0.204 e. The first kappa shape index (κ1) is 16.5. The second-order valence-corrected chi connectivity index (χ2v) is 5.20.